The van der Waals surface area contributed by atoms with E-state index in [1.165, 1.54) is 0 Å². The zero-order valence-corrected chi connectivity index (χ0v) is 11.7. The maximum atomic E-state index is 4.49. The summed E-state index contributed by atoms with van der Waals surface area (Å²) < 4.78 is 0. The molecule has 0 saturated heterocycles. The molecule has 0 aliphatic carbocycles. The summed E-state index contributed by atoms with van der Waals surface area (Å²) >= 11 is 8.74. The number of rotatable bonds is 5. The van der Waals surface area contributed by atoms with Gasteiger partial charge in [0.05, 0.1) is 12.2 Å². The van der Waals surface area contributed by atoms with Crippen molar-refractivity contribution in [1.82, 2.24) is 5.32 Å². The monoisotopic (exact) mass is 275 g/mol. The highest BCUT2D eigenvalue weighted by Gasteiger charge is 1.99. The highest BCUT2D eigenvalue weighted by Crippen LogP contribution is 2.19. The molecule has 0 spiro atoms. The van der Waals surface area contributed by atoms with Gasteiger partial charge < -0.3 is 5.32 Å². The number of benzene rings is 2. The smallest absolute Gasteiger partial charge is 0.0708 e. The van der Waals surface area contributed by atoms with Gasteiger partial charge in [0.15, 0.2) is 0 Å². The molecule has 93 valence electrons. The lowest BCUT2D eigenvalue weighted by molar-refractivity contribution is 0.851. The summed E-state index contributed by atoms with van der Waals surface area (Å²) in [5, 5.41) is 7.79. The van der Waals surface area contributed by atoms with Gasteiger partial charge in [0.25, 0.3) is 0 Å². The summed E-state index contributed by atoms with van der Waals surface area (Å²) in [5.74, 6) is 0. The molecule has 2 rings (SSSR count). The Hall–Kier alpha value is -1.26. The first kappa shape index (κ1) is 13.2. The zero-order valence-electron chi connectivity index (χ0n) is 9.87. The third kappa shape index (κ3) is 3.62. The summed E-state index contributed by atoms with van der Waals surface area (Å²) in [7, 11) is 0. The molecule has 2 aromatic carbocycles. The van der Waals surface area contributed by atoms with Crippen molar-refractivity contribution in [2.75, 3.05) is 18.4 Å². The minimum absolute atomic E-state index is 0.708. The lowest BCUT2D eigenvalue weighted by Crippen LogP contribution is -2.13. The first-order chi connectivity index (χ1) is 8.77. The lowest BCUT2D eigenvalue weighted by Gasteiger charge is -2.09. The molecule has 0 aliphatic rings. The van der Waals surface area contributed by atoms with E-state index in [1.54, 1.807) is 0 Å². The van der Waals surface area contributed by atoms with E-state index in [1.807, 2.05) is 48.5 Å². The van der Waals surface area contributed by atoms with Gasteiger partial charge >= 0.3 is 0 Å². The van der Waals surface area contributed by atoms with Crippen LogP contribution in [0.1, 0.15) is 0 Å². The van der Waals surface area contributed by atoms with Gasteiger partial charge in [-0.1, -0.05) is 24.3 Å². The van der Waals surface area contributed by atoms with Crippen molar-refractivity contribution < 1.29 is 0 Å². The quantitative estimate of drug-likeness (QED) is 0.564. The van der Waals surface area contributed by atoms with Crippen LogP contribution in [0.3, 0.4) is 0 Å². The van der Waals surface area contributed by atoms with E-state index >= 15 is 0 Å². The van der Waals surface area contributed by atoms with Crippen LogP contribution in [-0.2, 0) is 0 Å². The normalized spacial score (nSPS) is 10.1. The predicted octanol–water partition coefficient (Wildman–Crippen LogP) is 3.61. The van der Waals surface area contributed by atoms with Gasteiger partial charge in [-0.3, -0.25) is 5.32 Å². The van der Waals surface area contributed by atoms with E-state index in [-0.39, 0.29) is 0 Å². The average molecular weight is 275 g/mol. The first-order valence-electron chi connectivity index (χ1n) is 5.75. The molecular weight excluding hydrogens is 260 g/mol. The second-order valence-electron chi connectivity index (χ2n) is 3.81. The fraction of sp³-hybridized carbons (Fsp3) is 0.143. The minimum Gasteiger partial charge on any atom is -0.382 e. The summed E-state index contributed by atoms with van der Waals surface area (Å²) in [5.41, 5.74) is 1.97. The molecule has 0 aromatic heterocycles. The standard InChI is InChI=1S/C14H15N2S2/c17-13-7-3-1-5-11(13)15-9-10-16-12-6-2-4-8-14(12)18/h1-8,15,17-18H,9-10H2. The number of para-hydroxylation sites is 2. The number of hydrogen-bond donors (Lipinski definition) is 3. The maximum absolute atomic E-state index is 4.49. The highest BCUT2D eigenvalue weighted by atomic mass is 32.1. The van der Waals surface area contributed by atoms with Crippen LogP contribution in [0.4, 0.5) is 11.4 Å². The number of nitrogens with zero attached hydrogens (tertiary/aromatic N) is 1. The second kappa shape index (κ2) is 6.61. The van der Waals surface area contributed by atoms with Crippen LogP contribution in [0.5, 0.6) is 0 Å². The summed E-state index contributed by atoms with van der Waals surface area (Å²) in [6.45, 7) is 1.49. The van der Waals surface area contributed by atoms with Crippen LogP contribution in [0.25, 0.3) is 0 Å². The Bertz CT molecular complexity index is 467. The Labute approximate surface area is 119 Å². The molecule has 0 unspecified atom stereocenters. The molecule has 0 fully saturated rings. The minimum atomic E-state index is 0.708. The SMILES string of the molecule is Sc1ccccc1[N]CCNc1ccccc1S. The molecule has 4 heteroatoms. The molecule has 1 radical (unpaired) electrons. The molecule has 0 heterocycles. The van der Waals surface area contributed by atoms with Crippen LogP contribution in [0, 0.1) is 0 Å². The Morgan fingerprint density at radius 1 is 0.889 bits per heavy atom. The average Bonchev–Trinajstić information content (AvgIpc) is 2.38. The van der Waals surface area contributed by atoms with Crippen molar-refractivity contribution in [3.05, 3.63) is 48.5 Å². The van der Waals surface area contributed by atoms with Gasteiger partial charge in [-0.25, -0.2) is 0 Å². The Morgan fingerprint density at radius 3 is 2.28 bits per heavy atom. The Balaban J connectivity index is 1.80. The van der Waals surface area contributed by atoms with E-state index in [9.17, 15) is 0 Å². The molecule has 18 heavy (non-hydrogen) atoms. The first-order valence-corrected chi connectivity index (χ1v) is 6.64. The molecule has 1 N–H and O–H groups in total. The van der Waals surface area contributed by atoms with Crippen LogP contribution in [-0.4, -0.2) is 13.1 Å². The van der Waals surface area contributed by atoms with Crippen molar-refractivity contribution in [3.8, 4) is 0 Å². The predicted molar refractivity (Wildman–Crippen MR) is 82.5 cm³/mol. The van der Waals surface area contributed by atoms with Crippen molar-refractivity contribution in [2.24, 2.45) is 0 Å². The van der Waals surface area contributed by atoms with Gasteiger partial charge in [0.1, 0.15) is 0 Å². The summed E-state index contributed by atoms with van der Waals surface area (Å²) in [6, 6.07) is 15.8. The zero-order chi connectivity index (χ0) is 12.8. The Morgan fingerprint density at radius 2 is 1.56 bits per heavy atom. The third-order valence-corrected chi connectivity index (χ3v) is 3.26. The molecule has 2 aromatic rings. The van der Waals surface area contributed by atoms with Gasteiger partial charge in [0, 0.05) is 22.0 Å². The summed E-state index contributed by atoms with van der Waals surface area (Å²) in [6.07, 6.45) is 0. The van der Waals surface area contributed by atoms with E-state index in [4.69, 9.17) is 0 Å². The Kier molecular flexibility index (Phi) is 4.84. The van der Waals surface area contributed by atoms with E-state index in [2.05, 4.69) is 35.9 Å². The van der Waals surface area contributed by atoms with Crippen molar-refractivity contribution in [2.45, 2.75) is 9.79 Å². The highest BCUT2D eigenvalue weighted by molar-refractivity contribution is 7.80. The van der Waals surface area contributed by atoms with Crippen molar-refractivity contribution in [1.29, 1.82) is 0 Å². The third-order valence-electron chi connectivity index (χ3n) is 2.50. The van der Waals surface area contributed by atoms with Gasteiger partial charge in [-0.2, -0.15) is 0 Å². The molecule has 0 aliphatic heterocycles. The van der Waals surface area contributed by atoms with Crippen molar-refractivity contribution in [3.63, 3.8) is 0 Å². The van der Waals surface area contributed by atoms with E-state index in [0.717, 1.165) is 27.7 Å². The van der Waals surface area contributed by atoms with Gasteiger partial charge in [-0.05, 0) is 24.3 Å². The number of hydrogen-bond acceptors (Lipinski definition) is 3. The molecule has 0 amide bonds. The lowest BCUT2D eigenvalue weighted by atomic mass is 10.3. The molecule has 0 bridgehead atoms. The van der Waals surface area contributed by atoms with Crippen LogP contribution in [0.2, 0.25) is 0 Å². The van der Waals surface area contributed by atoms with Crippen LogP contribution < -0.4 is 10.6 Å². The maximum Gasteiger partial charge on any atom is 0.0708 e. The van der Waals surface area contributed by atoms with E-state index in [0.29, 0.717) is 6.54 Å². The van der Waals surface area contributed by atoms with Gasteiger partial charge in [-0.15, -0.1) is 25.3 Å². The van der Waals surface area contributed by atoms with Crippen LogP contribution in [0.15, 0.2) is 58.3 Å². The number of anilines is 1. The second-order valence-corrected chi connectivity index (χ2v) is 4.78. The molecular formula is C14H15N2S2. The largest absolute Gasteiger partial charge is 0.382 e. The fourth-order valence-corrected chi connectivity index (χ4v) is 2.06. The topological polar surface area (TPSA) is 26.1 Å². The van der Waals surface area contributed by atoms with E-state index < -0.39 is 0 Å². The number of nitrogens with one attached hydrogen (secondary N) is 1. The van der Waals surface area contributed by atoms with Crippen LogP contribution >= 0.6 is 25.3 Å². The molecule has 2 nitrogen and oxygen atoms in total. The van der Waals surface area contributed by atoms with Crippen molar-refractivity contribution >= 4 is 36.6 Å². The van der Waals surface area contributed by atoms with Gasteiger partial charge in [0.2, 0.25) is 0 Å². The fourth-order valence-electron chi connectivity index (χ4n) is 1.59. The number of thiol groups is 2. The summed E-state index contributed by atoms with van der Waals surface area (Å²) in [4.78, 5) is 1.86. The molecule has 0 atom stereocenters. The molecule has 0 saturated carbocycles.